The van der Waals surface area contributed by atoms with E-state index in [-0.39, 0.29) is 19.3 Å². The first-order valence-corrected chi connectivity index (χ1v) is 15.0. The van der Waals surface area contributed by atoms with E-state index >= 15 is 0 Å². The number of carboxylic acid groups (broad SMARTS) is 1. The smallest absolute Gasteiger partial charge is 0.326 e. The molecule has 0 fully saturated rings. The van der Waals surface area contributed by atoms with Gasteiger partial charge in [-0.25, -0.2) is 4.79 Å². The summed E-state index contributed by atoms with van der Waals surface area (Å²) in [7, 11) is 0. The van der Waals surface area contributed by atoms with Crippen molar-refractivity contribution in [2.45, 2.75) is 69.3 Å². The van der Waals surface area contributed by atoms with Crippen LogP contribution in [-0.4, -0.2) is 80.7 Å². The zero-order chi connectivity index (χ0) is 32.5. The number of nitrogens with two attached hydrogens (primary N) is 2. The van der Waals surface area contributed by atoms with Crippen molar-refractivity contribution in [2.24, 2.45) is 11.5 Å². The summed E-state index contributed by atoms with van der Waals surface area (Å²) in [6.45, 7) is 1.72. The van der Waals surface area contributed by atoms with Gasteiger partial charge in [-0.3, -0.25) is 14.4 Å². The molecule has 11 N–H and O–H groups in total. The molecule has 3 amide bonds. The Labute approximate surface area is 260 Å². The number of aromatic amines is 2. The molecule has 0 aliphatic carbocycles. The van der Waals surface area contributed by atoms with Crippen LogP contribution in [0.2, 0.25) is 0 Å². The predicted octanol–water partition coefficient (Wildman–Crippen LogP) is 0.811. The standard InChI is InChI=1S/C32H41N7O6/c1-18(40)28(39-29(41)23(34)14-19-16-35-24-10-4-2-8-21(19)24)31(43)38-27(15-20-17-36-25-11-5-3-9-22(20)25)30(42)37-26(32(44)45)12-6-7-13-33/h2-5,8-11,16-18,23,26-28,35-36,40H,6-7,12-15,33-34H2,1H3,(H,37,42)(H,38,43)(H,39,41)(H,44,45). The number of hydrogen-bond donors (Lipinski definition) is 9. The van der Waals surface area contributed by atoms with E-state index in [1.54, 1.807) is 12.4 Å². The molecule has 2 aromatic carbocycles. The third kappa shape index (κ3) is 8.47. The van der Waals surface area contributed by atoms with Gasteiger partial charge in [0.15, 0.2) is 0 Å². The van der Waals surface area contributed by atoms with Crippen LogP contribution >= 0.6 is 0 Å². The number of nitrogens with one attached hydrogen (secondary N) is 5. The summed E-state index contributed by atoms with van der Waals surface area (Å²) in [4.78, 5) is 58.3. The van der Waals surface area contributed by atoms with Gasteiger partial charge in [0.25, 0.3) is 0 Å². The summed E-state index contributed by atoms with van der Waals surface area (Å²) < 4.78 is 0. The number of carbonyl (C=O) groups excluding carboxylic acids is 3. The molecule has 2 heterocycles. The number of carbonyl (C=O) groups is 4. The van der Waals surface area contributed by atoms with Crippen LogP contribution < -0.4 is 27.4 Å². The minimum atomic E-state index is -1.44. The van der Waals surface area contributed by atoms with E-state index in [9.17, 15) is 29.4 Å². The highest BCUT2D eigenvalue weighted by molar-refractivity contribution is 5.95. The van der Waals surface area contributed by atoms with Crippen LogP contribution in [0.1, 0.15) is 37.3 Å². The predicted molar refractivity (Wildman–Crippen MR) is 170 cm³/mol. The number of fused-ring (bicyclic) bond motifs is 2. The minimum Gasteiger partial charge on any atom is -0.480 e. The Hall–Kier alpha value is -4.72. The van der Waals surface area contributed by atoms with Gasteiger partial charge in [-0.15, -0.1) is 0 Å². The quantitative estimate of drug-likeness (QED) is 0.0813. The normalized spacial score (nSPS) is 14.8. The molecule has 13 nitrogen and oxygen atoms in total. The lowest BCUT2D eigenvalue weighted by Crippen LogP contribution is -2.60. The van der Waals surface area contributed by atoms with Crippen LogP contribution in [0.5, 0.6) is 0 Å². The molecular weight excluding hydrogens is 578 g/mol. The molecule has 240 valence electrons. The summed E-state index contributed by atoms with van der Waals surface area (Å²) in [6.07, 6.45) is 3.57. The highest BCUT2D eigenvalue weighted by atomic mass is 16.4. The molecule has 13 heteroatoms. The van der Waals surface area contributed by atoms with Gasteiger partial charge >= 0.3 is 5.97 Å². The summed E-state index contributed by atoms with van der Waals surface area (Å²) in [6, 6.07) is 10.1. The van der Waals surface area contributed by atoms with Crippen molar-refractivity contribution < 1.29 is 29.4 Å². The molecule has 4 aromatic rings. The van der Waals surface area contributed by atoms with Crippen LogP contribution in [0.15, 0.2) is 60.9 Å². The maximum Gasteiger partial charge on any atom is 0.326 e. The SMILES string of the molecule is CC(O)C(NC(=O)C(N)Cc1c[nH]c2ccccc12)C(=O)NC(Cc1c[nH]c2ccccc12)C(=O)NC(CCCCN)C(=O)O. The third-order valence-corrected chi connectivity index (χ3v) is 7.81. The number of H-pyrrole nitrogens is 2. The average Bonchev–Trinajstić information content (AvgIpc) is 3.62. The number of aliphatic hydroxyl groups is 1. The second-order valence-corrected chi connectivity index (χ2v) is 11.2. The number of aromatic nitrogens is 2. The number of amides is 3. The molecule has 5 atom stereocenters. The average molecular weight is 620 g/mol. The van der Waals surface area contributed by atoms with Crippen molar-refractivity contribution in [1.82, 2.24) is 25.9 Å². The third-order valence-electron chi connectivity index (χ3n) is 7.81. The van der Waals surface area contributed by atoms with E-state index in [2.05, 4.69) is 25.9 Å². The molecule has 0 radical (unpaired) electrons. The van der Waals surface area contributed by atoms with E-state index in [0.29, 0.717) is 24.9 Å². The number of hydrogen-bond acceptors (Lipinski definition) is 7. The first-order valence-electron chi connectivity index (χ1n) is 15.0. The van der Waals surface area contributed by atoms with E-state index in [0.717, 1.165) is 27.4 Å². The van der Waals surface area contributed by atoms with Gasteiger partial charge in [0.05, 0.1) is 12.1 Å². The van der Waals surface area contributed by atoms with Crippen LogP contribution in [-0.2, 0) is 32.0 Å². The van der Waals surface area contributed by atoms with Gasteiger partial charge in [-0.05, 0) is 62.4 Å². The van der Waals surface area contributed by atoms with Crippen molar-refractivity contribution in [3.8, 4) is 0 Å². The fraction of sp³-hybridized carbons (Fsp3) is 0.375. The Kier molecular flexibility index (Phi) is 11.3. The van der Waals surface area contributed by atoms with Gasteiger partial charge < -0.3 is 47.6 Å². The highest BCUT2D eigenvalue weighted by Crippen LogP contribution is 2.20. The van der Waals surface area contributed by atoms with Gasteiger partial charge in [0, 0.05) is 40.6 Å². The maximum absolute atomic E-state index is 13.5. The zero-order valence-electron chi connectivity index (χ0n) is 25.1. The Morgan fingerprint density at radius 2 is 1.33 bits per heavy atom. The van der Waals surface area contributed by atoms with Crippen LogP contribution in [0.3, 0.4) is 0 Å². The van der Waals surface area contributed by atoms with Crippen molar-refractivity contribution in [3.05, 3.63) is 72.1 Å². The number of carboxylic acids is 1. The second kappa shape index (κ2) is 15.3. The van der Waals surface area contributed by atoms with Crippen molar-refractivity contribution in [3.63, 3.8) is 0 Å². The maximum atomic E-state index is 13.5. The number of unbranched alkanes of at least 4 members (excludes halogenated alkanes) is 1. The van der Waals surface area contributed by atoms with Crippen LogP contribution in [0.25, 0.3) is 21.8 Å². The molecular formula is C32H41N7O6. The summed E-state index contributed by atoms with van der Waals surface area (Å²) in [5, 5.41) is 29.6. The van der Waals surface area contributed by atoms with Gasteiger partial charge in [0.1, 0.15) is 18.1 Å². The number of aliphatic hydroxyl groups excluding tert-OH is 1. The molecule has 0 spiro atoms. The van der Waals surface area contributed by atoms with Crippen molar-refractivity contribution >= 4 is 45.5 Å². The molecule has 0 saturated carbocycles. The minimum absolute atomic E-state index is 0.0112. The Morgan fingerprint density at radius 1 is 0.778 bits per heavy atom. The van der Waals surface area contributed by atoms with Gasteiger partial charge in [-0.2, -0.15) is 0 Å². The first-order chi connectivity index (χ1) is 21.6. The lowest BCUT2D eigenvalue weighted by Gasteiger charge is -2.26. The highest BCUT2D eigenvalue weighted by Gasteiger charge is 2.33. The van der Waals surface area contributed by atoms with Crippen LogP contribution in [0, 0.1) is 0 Å². The van der Waals surface area contributed by atoms with E-state index in [4.69, 9.17) is 11.5 Å². The number of benzene rings is 2. The lowest BCUT2D eigenvalue weighted by atomic mass is 10.0. The molecule has 0 aliphatic rings. The number of para-hydroxylation sites is 2. The monoisotopic (exact) mass is 619 g/mol. The van der Waals surface area contributed by atoms with Crippen LogP contribution in [0.4, 0.5) is 0 Å². The topological polar surface area (TPSA) is 228 Å². The summed E-state index contributed by atoms with van der Waals surface area (Å²) >= 11 is 0. The van der Waals surface area contributed by atoms with E-state index in [1.165, 1.54) is 6.92 Å². The summed E-state index contributed by atoms with van der Waals surface area (Å²) in [5.41, 5.74) is 15.0. The second-order valence-electron chi connectivity index (χ2n) is 11.2. The lowest BCUT2D eigenvalue weighted by molar-refractivity contribution is -0.142. The van der Waals surface area contributed by atoms with Crippen molar-refractivity contribution in [2.75, 3.05) is 6.54 Å². The molecule has 2 aromatic heterocycles. The molecule has 45 heavy (non-hydrogen) atoms. The number of aliphatic carboxylic acids is 1. The van der Waals surface area contributed by atoms with Gasteiger partial charge in [0.2, 0.25) is 17.7 Å². The molecule has 4 rings (SSSR count). The molecule has 0 bridgehead atoms. The first kappa shape index (κ1) is 33.2. The largest absolute Gasteiger partial charge is 0.480 e. The zero-order valence-corrected chi connectivity index (χ0v) is 25.1. The number of rotatable bonds is 16. The fourth-order valence-corrected chi connectivity index (χ4v) is 5.31. The van der Waals surface area contributed by atoms with Gasteiger partial charge in [-0.1, -0.05) is 36.4 Å². The summed E-state index contributed by atoms with van der Waals surface area (Å²) in [5.74, 6) is -3.42. The van der Waals surface area contributed by atoms with Crippen molar-refractivity contribution in [1.29, 1.82) is 0 Å². The molecule has 5 unspecified atom stereocenters. The Bertz CT molecular complexity index is 1630. The Balaban J connectivity index is 1.50. The van der Waals surface area contributed by atoms with E-state index < -0.39 is 54.0 Å². The Morgan fingerprint density at radius 3 is 1.89 bits per heavy atom. The molecule has 0 saturated heterocycles. The molecule has 0 aliphatic heterocycles. The van der Waals surface area contributed by atoms with E-state index in [1.807, 2.05) is 48.5 Å². The fourth-order valence-electron chi connectivity index (χ4n) is 5.31.